The third-order valence-electron chi connectivity index (χ3n) is 6.50. The van der Waals surface area contributed by atoms with Gasteiger partial charge in [-0.15, -0.1) is 0 Å². The molecule has 0 radical (unpaired) electrons. The predicted molar refractivity (Wildman–Crippen MR) is 136 cm³/mol. The SMILES string of the molecule is CN(C)Cc1ccccc1N1CCN(C(=O)[C@@H](Cc2ccc(Cl)cc2)NC(=O)N2CCC2)CC1. The molecule has 0 aliphatic carbocycles. The molecule has 2 aliphatic heterocycles. The van der Waals surface area contributed by atoms with Gasteiger partial charge >= 0.3 is 6.03 Å². The Bertz CT molecular complexity index is 985. The molecule has 34 heavy (non-hydrogen) atoms. The molecular formula is C26H34ClN5O2. The van der Waals surface area contributed by atoms with Gasteiger partial charge in [-0.05, 0) is 49.8 Å². The standard InChI is InChI=1S/C26H34ClN5O2/c1-29(2)19-21-6-3-4-7-24(21)30-14-16-31(17-15-30)25(33)23(28-26(34)32-12-5-13-32)18-20-8-10-22(27)11-9-20/h3-4,6-11,23H,5,12-19H2,1-2H3,(H,28,34)/t23-/m1/s1. The van der Waals surface area contributed by atoms with Crippen LogP contribution in [0.1, 0.15) is 17.5 Å². The first kappa shape index (κ1) is 24.4. The summed E-state index contributed by atoms with van der Waals surface area (Å²) in [5.41, 5.74) is 3.49. The molecule has 2 aromatic rings. The van der Waals surface area contributed by atoms with Crippen LogP contribution in [0.2, 0.25) is 5.02 Å². The number of para-hydroxylation sites is 1. The van der Waals surface area contributed by atoms with E-state index in [4.69, 9.17) is 11.6 Å². The van der Waals surface area contributed by atoms with Crippen molar-refractivity contribution in [2.45, 2.75) is 25.4 Å². The first-order chi connectivity index (χ1) is 16.4. The van der Waals surface area contributed by atoms with Crippen LogP contribution >= 0.6 is 11.6 Å². The summed E-state index contributed by atoms with van der Waals surface area (Å²) in [7, 11) is 4.14. The van der Waals surface area contributed by atoms with Crippen LogP contribution in [0.15, 0.2) is 48.5 Å². The maximum absolute atomic E-state index is 13.5. The number of amides is 3. The first-order valence-electron chi connectivity index (χ1n) is 12.0. The van der Waals surface area contributed by atoms with Gasteiger partial charge in [0.15, 0.2) is 0 Å². The number of nitrogens with zero attached hydrogens (tertiary/aromatic N) is 4. The van der Waals surface area contributed by atoms with Crippen molar-refractivity contribution in [3.05, 3.63) is 64.7 Å². The Labute approximate surface area is 207 Å². The Hall–Kier alpha value is -2.77. The summed E-state index contributed by atoms with van der Waals surface area (Å²) in [5, 5.41) is 3.65. The molecule has 7 nitrogen and oxygen atoms in total. The highest BCUT2D eigenvalue weighted by Crippen LogP contribution is 2.23. The summed E-state index contributed by atoms with van der Waals surface area (Å²) in [6.07, 6.45) is 1.46. The minimum atomic E-state index is -0.596. The zero-order valence-electron chi connectivity index (χ0n) is 20.0. The fourth-order valence-corrected chi connectivity index (χ4v) is 4.62. The molecule has 182 valence electrons. The Morgan fingerprint density at radius 2 is 1.62 bits per heavy atom. The first-order valence-corrected chi connectivity index (χ1v) is 12.3. The number of carbonyl (C=O) groups is 2. The summed E-state index contributed by atoms with van der Waals surface area (Å²) in [4.78, 5) is 34.3. The molecule has 0 spiro atoms. The number of likely N-dealkylation sites (tertiary alicyclic amines) is 1. The largest absolute Gasteiger partial charge is 0.368 e. The number of carbonyl (C=O) groups excluding carboxylic acids is 2. The lowest BCUT2D eigenvalue weighted by Gasteiger charge is -2.39. The second kappa shape index (κ2) is 11.1. The van der Waals surface area contributed by atoms with Gasteiger partial charge in [0, 0.05) is 62.9 Å². The van der Waals surface area contributed by atoms with Gasteiger partial charge in [0.05, 0.1) is 0 Å². The van der Waals surface area contributed by atoms with Gasteiger partial charge in [0.25, 0.3) is 0 Å². The topological polar surface area (TPSA) is 59.1 Å². The number of nitrogens with one attached hydrogen (secondary N) is 1. The molecule has 2 aromatic carbocycles. The number of benzene rings is 2. The van der Waals surface area contributed by atoms with Gasteiger partial charge in [-0.3, -0.25) is 4.79 Å². The molecule has 2 heterocycles. The minimum Gasteiger partial charge on any atom is -0.368 e. The lowest BCUT2D eigenvalue weighted by atomic mass is 10.0. The maximum Gasteiger partial charge on any atom is 0.318 e. The van der Waals surface area contributed by atoms with Crippen molar-refractivity contribution in [2.75, 3.05) is 58.3 Å². The highest BCUT2D eigenvalue weighted by Gasteiger charge is 2.31. The van der Waals surface area contributed by atoms with Crippen LogP contribution in [0, 0.1) is 0 Å². The third kappa shape index (κ3) is 6.02. The number of hydrogen-bond donors (Lipinski definition) is 1. The molecule has 2 saturated heterocycles. The van der Waals surface area contributed by atoms with Crippen LogP contribution in [0.25, 0.3) is 0 Å². The van der Waals surface area contributed by atoms with Crippen molar-refractivity contribution in [1.82, 2.24) is 20.0 Å². The fourth-order valence-electron chi connectivity index (χ4n) is 4.50. The highest BCUT2D eigenvalue weighted by molar-refractivity contribution is 6.30. The van der Waals surface area contributed by atoms with Crippen molar-refractivity contribution in [3.8, 4) is 0 Å². The van der Waals surface area contributed by atoms with E-state index in [0.717, 1.165) is 44.7 Å². The molecule has 3 amide bonds. The van der Waals surface area contributed by atoms with Crippen LogP contribution in [-0.4, -0.2) is 86.0 Å². The lowest BCUT2D eigenvalue weighted by molar-refractivity contribution is -0.133. The van der Waals surface area contributed by atoms with E-state index in [2.05, 4.69) is 53.5 Å². The van der Waals surface area contributed by atoms with Gasteiger partial charge in [-0.1, -0.05) is 41.9 Å². The van der Waals surface area contributed by atoms with Crippen LogP contribution in [0.4, 0.5) is 10.5 Å². The normalized spacial score (nSPS) is 16.9. The monoisotopic (exact) mass is 483 g/mol. The van der Waals surface area contributed by atoms with Crippen LogP contribution < -0.4 is 10.2 Å². The zero-order chi connectivity index (χ0) is 24.1. The second-order valence-corrected chi connectivity index (χ2v) is 9.79. The van der Waals surface area contributed by atoms with E-state index in [-0.39, 0.29) is 11.9 Å². The molecule has 2 aliphatic rings. The summed E-state index contributed by atoms with van der Waals surface area (Å²) in [5.74, 6) is -0.0231. The van der Waals surface area contributed by atoms with Crippen molar-refractivity contribution >= 4 is 29.2 Å². The van der Waals surface area contributed by atoms with Gasteiger partial charge in [0.1, 0.15) is 6.04 Å². The predicted octanol–water partition coefficient (Wildman–Crippen LogP) is 3.08. The Balaban J connectivity index is 1.42. The Morgan fingerprint density at radius 1 is 0.941 bits per heavy atom. The number of rotatable bonds is 7. The second-order valence-electron chi connectivity index (χ2n) is 9.35. The van der Waals surface area contributed by atoms with Crippen molar-refractivity contribution < 1.29 is 9.59 Å². The highest BCUT2D eigenvalue weighted by atomic mass is 35.5. The molecule has 0 saturated carbocycles. The molecule has 0 bridgehead atoms. The molecule has 1 N–H and O–H groups in total. The molecule has 1 atom stereocenters. The fraction of sp³-hybridized carbons (Fsp3) is 0.462. The number of hydrogen-bond acceptors (Lipinski definition) is 4. The van der Waals surface area contributed by atoms with Gasteiger partial charge < -0.3 is 24.9 Å². The number of urea groups is 1. The molecule has 4 rings (SSSR count). The van der Waals surface area contributed by atoms with Crippen LogP contribution in [0.3, 0.4) is 0 Å². The van der Waals surface area contributed by atoms with E-state index in [1.807, 2.05) is 29.2 Å². The van der Waals surface area contributed by atoms with E-state index in [0.29, 0.717) is 24.5 Å². The number of halogens is 1. The third-order valence-corrected chi connectivity index (χ3v) is 6.75. The molecule has 0 aromatic heterocycles. The Morgan fingerprint density at radius 3 is 2.24 bits per heavy atom. The number of anilines is 1. The van der Waals surface area contributed by atoms with E-state index >= 15 is 0 Å². The summed E-state index contributed by atoms with van der Waals surface area (Å²) in [6, 6.07) is 15.2. The van der Waals surface area contributed by atoms with E-state index in [9.17, 15) is 9.59 Å². The quantitative estimate of drug-likeness (QED) is 0.657. The minimum absolute atomic E-state index is 0.0231. The average Bonchev–Trinajstić information content (AvgIpc) is 2.78. The van der Waals surface area contributed by atoms with E-state index < -0.39 is 6.04 Å². The van der Waals surface area contributed by atoms with E-state index in [1.54, 1.807) is 4.90 Å². The molecular weight excluding hydrogens is 450 g/mol. The summed E-state index contributed by atoms with van der Waals surface area (Å²) >= 11 is 6.03. The summed E-state index contributed by atoms with van der Waals surface area (Å²) in [6.45, 7) is 5.17. The molecule has 8 heteroatoms. The van der Waals surface area contributed by atoms with Crippen LogP contribution in [-0.2, 0) is 17.8 Å². The van der Waals surface area contributed by atoms with Crippen molar-refractivity contribution in [1.29, 1.82) is 0 Å². The molecule has 0 unspecified atom stereocenters. The maximum atomic E-state index is 13.5. The average molecular weight is 484 g/mol. The van der Waals surface area contributed by atoms with Gasteiger partial charge in [-0.2, -0.15) is 0 Å². The van der Waals surface area contributed by atoms with Gasteiger partial charge in [0.2, 0.25) is 5.91 Å². The van der Waals surface area contributed by atoms with Crippen LogP contribution in [0.5, 0.6) is 0 Å². The van der Waals surface area contributed by atoms with E-state index in [1.165, 1.54) is 11.3 Å². The summed E-state index contributed by atoms with van der Waals surface area (Å²) < 4.78 is 0. The van der Waals surface area contributed by atoms with Crippen molar-refractivity contribution in [3.63, 3.8) is 0 Å². The Kier molecular flexibility index (Phi) is 7.95. The number of piperazine rings is 1. The van der Waals surface area contributed by atoms with Crippen molar-refractivity contribution in [2.24, 2.45) is 0 Å². The smallest absolute Gasteiger partial charge is 0.318 e. The zero-order valence-corrected chi connectivity index (χ0v) is 20.8. The lowest BCUT2D eigenvalue weighted by Crippen LogP contribution is -2.58. The van der Waals surface area contributed by atoms with Gasteiger partial charge in [-0.25, -0.2) is 4.79 Å². The molecule has 2 fully saturated rings.